The monoisotopic (exact) mass is 372 g/mol. The first kappa shape index (κ1) is 19.9. The molecule has 1 aliphatic heterocycles. The molecule has 2 N–H and O–H groups in total. The van der Waals surface area contributed by atoms with Gasteiger partial charge in [0, 0.05) is 33.2 Å². The van der Waals surface area contributed by atoms with Crippen LogP contribution in [-0.4, -0.2) is 63.3 Å². The van der Waals surface area contributed by atoms with Crippen LogP contribution in [0.15, 0.2) is 22.8 Å². The highest BCUT2D eigenvalue weighted by Gasteiger charge is 2.37. The molecule has 0 unspecified atom stereocenters. The molecule has 8 nitrogen and oxygen atoms in total. The van der Waals surface area contributed by atoms with Crippen LogP contribution in [-0.2, 0) is 21.5 Å². The normalized spacial score (nSPS) is 22.0. The predicted octanol–water partition coefficient (Wildman–Crippen LogP) is 0.248. The summed E-state index contributed by atoms with van der Waals surface area (Å²) in [6.07, 6.45) is 1.57. The van der Waals surface area contributed by atoms with E-state index in [4.69, 9.17) is 4.42 Å². The van der Waals surface area contributed by atoms with Gasteiger partial charge >= 0.3 is 0 Å². The van der Waals surface area contributed by atoms with Gasteiger partial charge in [-0.25, -0.2) is 0 Å². The minimum atomic E-state index is -3.50. The summed E-state index contributed by atoms with van der Waals surface area (Å²) in [4.78, 5) is 14.1. The maximum atomic E-state index is 12.1. The Labute approximate surface area is 149 Å². The van der Waals surface area contributed by atoms with Crippen LogP contribution in [0.4, 0.5) is 0 Å². The lowest BCUT2D eigenvalue weighted by molar-refractivity contribution is -0.122. The number of rotatable bonds is 8. The van der Waals surface area contributed by atoms with Gasteiger partial charge in [-0.2, -0.15) is 17.4 Å². The Balaban J connectivity index is 1.91. The quantitative estimate of drug-likeness (QED) is 0.682. The van der Waals surface area contributed by atoms with Gasteiger partial charge in [-0.15, -0.1) is 0 Å². The van der Waals surface area contributed by atoms with Crippen LogP contribution >= 0.6 is 0 Å². The minimum Gasteiger partial charge on any atom is -0.467 e. The van der Waals surface area contributed by atoms with Crippen LogP contribution < -0.4 is 10.0 Å². The Bertz CT molecular complexity index is 658. The number of carbonyl (C=O) groups is 1. The largest absolute Gasteiger partial charge is 0.467 e. The van der Waals surface area contributed by atoms with E-state index in [-0.39, 0.29) is 24.4 Å². The number of amides is 1. The number of furan rings is 1. The number of nitrogens with zero attached hydrogens (tertiary/aromatic N) is 2. The number of hydrogen-bond acceptors (Lipinski definition) is 5. The highest BCUT2D eigenvalue weighted by atomic mass is 32.2. The van der Waals surface area contributed by atoms with Gasteiger partial charge in [0.2, 0.25) is 5.91 Å². The molecule has 0 spiro atoms. The third-order valence-electron chi connectivity index (χ3n) is 4.49. The first-order valence-corrected chi connectivity index (χ1v) is 9.84. The topological polar surface area (TPSA) is 94.9 Å². The molecule has 25 heavy (non-hydrogen) atoms. The molecule has 0 saturated carbocycles. The third-order valence-corrected chi connectivity index (χ3v) is 6.05. The van der Waals surface area contributed by atoms with E-state index in [2.05, 4.69) is 23.9 Å². The van der Waals surface area contributed by atoms with Gasteiger partial charge in [-0.1, -0.05) is 13.8 Å². The summed E-state index contributed by atoms with van der Waals surface area (Å²) < 4.78 is 33.4. The van der Waals surface area contributed by atoms with Crippen molar-refractivity contribution in [1.29, 1.82) is 0 Å². The molecule has 1 saturated heterocycles. The molecule has 142 valence electrons. The average Bonchev–Trinajstić information content (AvgIpc) is 3.14. The number of hydrogen-bond donors (Lipinski definition) is 2. The molecule has 1 fully saturated rings. The lowest BCUT2D eigenvalue weighted by atomic mass is 9.92. The molecule has 9 heteroatoms. The molecular formula is C16H28N4O4S. The molecule has 2 atom stereocenters. The third kappa shape index (κ3) is 5.53. The Hall–Kier alpha value is -1.42. The van der Waals surface area contributed by atoms with Crippen molar-refractivity contribution in [2.24, 2.45) is 11.8 Å². The van der Waals surface area contributed by atoms with Crippen LogP contribution in [0, 0.1) is 11.8 Å². The molecule has 1 aromatic rings. The zero-order valence-corrected chi connectivity index (χ0v) is 16.0. The predicted molar refractivity (Wildman–Crippen MR) is 94.9 cm³/mol. The summed E-state index contributed by atoms with van der Waals surface area (Å²) in [6.45, 7) is 5.94. The molecule has 1 aliphatic rings. The molecule has 2 heterocycles. The van der Waals surface area contributed by atoms with E-state index in [1.807, 2.05) is 4.90 Å². The van der Waals surface area contributed by atoms with Crippen molar-refractivity contribution in [1.82, 2.24) is 19.2 Å². The van der Waals surface area contributed by atoms with Crippen LogP contribution in [0.1, 0.15) is 19.6 Å². The minimum absolute atomic E-state index is 0.102. The molecular weight excluding hydrogens is 344 g/mol. The molecule has 0 aromatic carbocycles. The fraction of sp³-hybridized carbons (Fsp3) is 0.688. The zero-order valence-electron chi connectivity index (χ0n) is 15.2. The lowest BCUT2D eigenvalue weighted by Gasteiger charge is -2.24. The van der Waals surface area contributed by atoms with Crippen molar-refractivity contribution in [2.75, 3.05) is 33.7 Å². The molecule has 0 aliphatic carbocycles. The van der Waals surface area contributed by atoms with Crippen LogP contribution in [0.3, 0.4) is 0 Å². The standard InChI is InChI=1S/C16H28N4O4S/c1-12(2)14-9-20(10-15(14)18-25(22,23)19(3)4)11-16(21)17-8-13-6-5-7-24-13/h5-7,12,14-15,18H,8-11H2,1-4H3,(H,17,21)/t14-,15+/m0/s1. The van der Waals surface area contributed by atoms with Crippen molar-refractivity contribution in [3.05, 3.63) is 24.2 Å². The van der Waals surface area contributed by atoms with E-state index in [1.54, 1.807) is 18.4 Å². The number of carbonyl (C=O) groups excluding carboxylic acids is 1. The maximum absolute atomic E-state index is 12.1. The van der Waals surface area contributed by atoms with E-state index in [1.165, 1.54) is 18.4 Å². The Kier molecular flexibility index (Phi) is 6.61. The highest BCUT2D eigenvalue weighted by molar-refractivity contribution is 7.87. The number of nitrogens with one attached hydrogen (secondary N) is 2. The van der Waals surface area contributed by atoms with Gasteiger partial charge < -0.3 is 9.73 Å². The Morgan fingerprint density at radius 1 is 1.40 bits per heavy atom. The summed E-state index contributed by atoms with van der Waals surface area (Å²) in [5.41, 5.74) is 0. The molecule has 0 bridgehead atoms. The molecule has 1 amide bonds. The highest BCUT2D eigenvalue weighted by Crippen LogP contribution is 2.25. The van der Waals surface area contributed by atoms with E-state index < -0.39 is 10.2 Å². The van der Waals surface area contributed by atoms with E-state index in [0.717, 1.165) is 0 Å². The van der Waals surface area contributed by atoms with E-state index in [0.29, 0.717) is 31.3 Å². The summed E-state index contributed by atoms with van der Waals surface area (Å²) in [5.74, 6) is 1.07. The smallest absolute Gasteiger partial charge is 0.279 e. The fourth-order valence-electron chi connectivity index (χ4n) is 3.00. The zero-order chi connectivity index (χ0) is 18.6. The van der Waals surface area contributed by atoms with Crippen molar-refractivity contribution in [3.8, 4) is 0 Å². The SMILES string of the molecule is CC(C)[C@@H]1CN(CC(=O)NCc2ccco2)C[C@H]1NS(=O)(=O)N(C)C. The van der Waals surface area contributed by atoms with Gasteiger partial charge in [0.15, 0.2) is 0 Å². The average molecular weight is 372 g/mol. The summed E-state index contributed by atoms with van der Waals surface area (Å²) in [7, 11) is -0.493. The van der Waals surface area contributed by atoms with E-state index >= 15 is 0 Å². The second kappa shape index (κ2) is 8.31. The maximum Gasteiger partial charge on any atom is 0.279 e. The second-order valence-corrected chi connectivity index (χ2v) is 8.89. The van der Waals surface area contributed by atoms with Gasteiger partial charge in [-0.05, 0) is 24.0 Å². The van der Waals surface area contributed by atoms with Crippen LogP contribution in [0.5, 0.6) is 0 Å². The number of likely N-dealkylation sites (tertiary alicyclic amines) is 1. The van der Waals surface area contributed by atoms with Crippen molar-refractivity contribution >= 4 is 16.1 Å². The van der Waals surface area contributed by atoms with Crippen molar-refractivity contribution in [3.63, 3.8) is 0 Å². The van der Waals surface area contributed by atoms with Crippen molar-refractivity contribution < 1.29 is 17.6 Å². The first-order chi connectivity index (χ1) is 11.7. The van der Waals surface area contributed by atoms with Gasteiger partial charge in [0.25, 0.3) is 10.2 Å². The van der Waals surface area contributed by atoms with E-state index in [9.17, 15) is 13.2 Å². The molecule has 2 rings (SSSR count). The van der Waals surface area contributed by atoms with Gasteiger partial charge in [0.05, 0.1) is 19.4 Å². The summed E-state index contributed by atoms with van der Waals surface area (Å²) >= 11 is 0. The summed E-state index contributed by atoms with van der Waals surface area (Å²) in [5, 5.41) is 2.82. The second-order valence-electron chi connectivity index (χ2n) is 6.97. The summed E-state index contributed by atoms with van der Waals surface area (Å²) in [6, 6.07) is 3.37. The Morgan fingerprint density at radius 3 is 2.68 bits per heavy atom. The van der Waals surface area contributed by atoms with Gasteiger partial charge in [0.1, 0.15) is 5.76 Å². The van der Waals surface area contributed by atoms with Crippen LogP contribution in [0.25, 0.3) is 0 Å². The van der Waals surface area contributed by atoms with Gasteiger partial charge in [-0.3, -0.25) is 9.69 Å². The first-order valence-electron chi connectivity index (χ1n) is 8.40. The lowest BCUT2D eigenvalue weighted by Crippen LogP contribution is -2.47. The van der Waals surface area contributed by atoms with Crippen LogP contribution in [0.2, 0.25) is 0 Å². The molecule has 1 aromatic heterocycles. The Morgan fingerprint density at radius 2 is 2.12 bits per heavy atom. The molecule has 0 radical (unpaired) electrons. The fourth-order valence-corrected chi connectivity index (χ4v) is 3.84. The van der Waals surface area contributed by atoms with Crippen molar-refractivity contribution in [2.45, 2.75) is 26.4 Å².